The molecule has 0 aliphatic carbocycles. The summed E-state index contributed by atoms with van der Waals surface area (Å²) in [6.45, 7) is 0. The maximum absolute atomic E-state index is 13.8. The van der Waals surface area contributed by atoms with Gasteiger partial charge < -0.3 is 0 Å². The number of hydrogen-bond donors (Lipinski definition) is 0. The van der Waals surface area contributed by atoms with Crippen LogP contribution in [0.2, 0.25) is 0 Å². The summed E-state index contributed by atoms with van der Waals surface area (Å²) in [5, 5.41) is 4.80. The third-order valence-electron chi connectivity index (χ3n) is 3.16. The lowest BCUT2D eigenvalue weighted by Crippen LogP contribution is -2.00. The van der Waals surface area contributed by atoms with Crippen LogP contribution >= 0.6 is 15.9 Å². The molecule has 2 aromatic carbocycles. The molecule has 0 spiro atoms. The molecule has 4 heteroatoms. The number of alkyl halides is 1. The van der Waals surface area contributed by atoms with Crippen molar-refractivity contribution in [1.29, 1.82) is 0 Å². The molecule has 0 unspecified atom stereocenters. The quantitative estimate of drug-likeness (QED) is 0.643. The summed E-state index contributed by atoms with van der Waals surface area (Å²) in [5.41, 5.74) is 3.46. The summed E-state index contributed by atoms with van der Waals surface area (Å²) in [7, 11) is 0. The normalized spacial score (nSPS) is 10.7. The average molecular weight is 331 g/mol. The highest BCUT2D eigenvalue weighted by molar-refractivity contribution is 9.08. The molecule has 0 atom stereocenters. The first kappa shape index (κ1) is 13.1. The van der Waals surface area contributed by atoms with Crippen LogP contribution in [-0.4, -0.2) is 9.78 Å². The predicted octanol–water partition coefficient (Wildman–Crippen LogP) is 4.57. The predicted molar refractivity (Wildman–Crippen MR) is 81.6 cm³/mol. The molecule has 20 heavy (non-hydrogen) atoms. The fraction of sp³-hybridized carbons (Fsp3) is 0.0625. The van der Waals surface area contributed by atoms with E-state index >= 15 is 0 Å². The summed E-state index contributed by atoms with van der Waals surface area (Å²) in [6.07, 6.45) is 3.70. The Morgan fingerprint density at radius 2 is 1.80 bits per heavy atom. The van der Waals surface area contributed by atoms with E-state index in [9.17, 15) is 4.39 Å². The Kier molecular flexibility index (Phi) is 3.65. The molecule has 3 aromatic rings. The Bertz CT molecular complexity index is 722. The van der Waals surface area contributed by atoms with Crippen molar-refractivity contribution >= 4 is 15.9 Å². The minimum atomic E-state index is -0.226. The van der Waals surface area contributed by atoms with Crippen LogP contribution in [0.15, 0.2) is 60.9 Å². The maximum Gasteiger partial charge on any atom is 0.129 e. The van der Waals surface area contributed by atoms with E-state index in [2.05, 4.69) is 21.0 Å². The molecule has 0 radical (unpaired) electrons. The number of benzene rings is 2. The number of halogens is 2. The van der Waals surface area contributed by atoms with Crippen LogP contribution < -0.4 is 0 Å². The van der Waals surface area contributed by atoms with E-state index in [1.54, 1.807) is 16.9 Å². The van der Waals surface area contributed by atoms with Crippen molar-refractivity contribution in [2.24, 2.45) is 0 Å². The van der Waals surface area contributed by atoms with Crippen molar-refractivity contribution < 1.29 is 4.39 Å². The van der Waals surface area contributed by atoms with Gasteiger partial charge in [-0.1, -0.05) is 52.3 Å². The fourth-order valence-corrected chi connectivity index (χ4v) is 2.68. The van der Waals surface area contributed by atoms with Gasteiger partial charge >= 0.3 is 0 Å². The minimum Gasteiger partial charge on any atom is -0.240 e. The zero-order valence-corrected chi connectivity index (χ0v) is 12.2. The van der Waals surface area contributed by atoms with Crippen molar-refractivity contribution in [2.75, 3.05) is 0 Å². The Hall–Kier alpha value is -1.94. The molecule has 1 heterocycles. The molecule has 0 fully saturated rings. The number of rotatable bonds is 3. The first-order chi connectivity index (χ1) is 9.79. The van der Waals surface area contributed by atoms with Gasteiger partial charge in [0.15, 0.2) is 0 Å². The fourth-order valence-electron chi connectivity index (χ4n) is 2.13. The summed E-state index contributed by atoms with van der Waals surface area (Å²) < 4.78 is 15.5. The van der Waals surface area contributed by atoms with Crippen LogP contribution in [0.1, 0.15) is 5.56 Å². The van der Waals surface area contributed by atoms with E-state index in [0.717, 1.165) is 16.8 Å². The molecule has 3 rings (SSSR count). The highest BCUT2D eigenvalue weighted by Crippen LogP contribution is 2.23. The van der Waals surface area contributed by atoms with Gasteiger partial charge in [0.1, 0.15) is 5.82 Å². The van der Waals surface area contributed by atoms with E-state index in [4.69, 9.17) is 0 Å². The van der Waals surface area contributed by atoms with Crippen LogP contribution in [0.25, 0.3) is 16.8 Å². The molecule has 100 valence electrons. The lowest BCUT2D eigenvalue weighted by atomic mass is 10.1. The molecule has 0 saturated carbocycles. The van der Waals surface area contributed by atoms with E-state index in [1.807, 2.05) is 42.6 Å². The Morgan fingerprint density at radius 1 is 1.00 bits per heavy atom. The number of hydrogen-bond acceptors (Lipinski definition) is 1. The van der Waals surface area contributed by atoms with E-state index in [0.29, 0.717) is 10.9 Å². The van der Waals surface area contributed by atoms with Crippen LogP contribution in [0.4, 0.5) is 4.39 Å². The zero-order valence-electron chi connectivity index (χ0n) is 10.6. The van der Waals surface area contributed by atoms with Crippen LogP contribution in [-0.2, 0) is 5.33 Å². The largest absolute Gasteiger partial charge is 0.240 e. The van der Waals surface area contributed by atoms with Crippen molar-refractivity contribution in [3.8, 4) is 16.8 Å². The molecule has 0 bridgehead atoms. The molecular weight excluding hydrogens is 319 g/mol. The second-order valence-electron chi connectivity index (χ2n) is 4.41. The first-order valence-corrected chi connectivity index (χ1v) is 7.35. The summed E-state index contributed by atoms with van der Waals surface area (Å²) >= 11 is 3.33. The monoisotopic (exact) mass is 330 g/mol. The SMILES string of the molecule is Fc1cccc(-n2cc(-c3ccccc3)cn2)c1CBr. The van der Waals surface area contributed by atoms with Gasteiger partial charge in [-0.2, -0.15) is 5.10 Å². The molecule has 0 N–H and O–H groups in total. The molecule has 0 saturated heterocycles. The van der Waals surface area contributed by atoms with Crippen LogP contribution in [0.3, 0.4) is 0 Å². The van der Waals surface area contributed by atoms with Gasteiger partial charge in [0, 0.05) is 22.7 Å². The van der Waals surface area contributed by atoms with Crippen LogP contribution in [0, 0.1) is 5.82 Å². The van der Waals surface area contributed by atoms with Crippen molar-refractivity contribution in [2.45, 2.75) is 5.33 Å². The molecular formula is C16H12BrFN2. The standard InChI is InChI=1S/C16H12BrFN2/c17-9-14-15(18)7-4-8-16(14)20-11-13(10-19-20)12-5-2-1-3-6-12/h1-8,10-11H,9H2. The Balaban J connectivity index is 2.05. The van der Waals surface area contributed by atoms with Gasteiger partial charge in [-0.15, -0.1) is 0 Å². The average Bonchev–Trinajstić information content (AvgIpc) is 2.97. The Morgan fingerprint density at radius 3 is 2.55 bits per heavy atom. The smallest absolute Gasteiger partial charge is 0.129 e. The topological polar surface area (TPSA) is 17.8 Å². The van der Waals surface area contributed by atoms with Crippen LogP contribution in [0.5, 0.6) is 0 Å². The van der Waals surface area contributed by atoms with Crippen molar-refractivity contribution in [1.82, 2.24) is 9.78 Å². The first-order valence-electron chi connectivity index (χ1n) is 6.23. The Labute approximate surface area is 125 Å². The summed E-state index contributed by atoms with van der Waals surface area (Å²) in [6, 6.07) is 15.0. The molecule has 0 aliphatic rings. The van der Waals surface area contributed by atoms with E-state index < -0.39 is 0 Å². The van der Waals surface area contributed by atoms with Crippen molar-refractivity contribution in [3.63, 3.8) is 0 Å². The van der Waals surface area contributed by atoms with Gasteiger partial charge in [0.2, 0.25) is 0 Å². The van der Waals surface area contributed by atoms with Crippen molar-refractivity contribution in [3.05, 3.63) is 72.3 Å². The second-order valence-corrected chi connectivity index (χ2v) is 4.97. The molecule has 2 nitrogen and oxygen atoms in total. The lowest BCUT2D eigenvalue weighted by molar-refractivity contribution is 0.614. The number of aromatic nitrogens is 2. The van der Waals surface area contributed by atoms with Gasteiger partial charge in [-0.3, -0.25) is 0 Å². The number of nitrogens with zero attached hydrogens (tertiary/aromatic N) is 2. The lowest BCUT2D eigenvalue weighted by Gasteiger charge is -2.07. The molecule has 1 aromatic heterocycles. The molecule has 0 aliphatic heterocycles. The zero-order chi connectivity index (χ0) is 13.9. The summed E-state index contributed by atoms with van der Waals surface area (Å²) in [4.78, 5) is 0. The van der Waals surface area contributed by atoms with E-state index in [-0.39, 0.29) is 5.82 Å². The molecule has 0 amide bonds. The van der Waals surface area contributed by atoms with E-state index in [1.165, 1.54) is 6.07 Å². The minimum absolute atomic E-state index is 0.226. The second kappa shape index (κ2) is 5.59. The highest BCUT2D eigenvalue weighted by atomic mass is 79.9. The van der Waals surface area contributed by atoms with Gasteiger partial charge in [-0.25, -0.2) is 9.07 Å². The van der Waals surface area contributed by atoms with Gasteiger partial charge in [-0.05, 0) is 17.7 Å². The van der Waals surface area contributed by atoms with Gasteiger partial charge in [0.05, 0.1) is 11.9 Å². The third kappa shape index (κ3) is 2.39. The van der Waals surface area contributed by atoms with Gasteiger partial charge in [0.25, 0.3) is 0 Å². The summed E-state index contributed by atoms with van der Waals surface area (Å²) in [5.74, 6) is -0.226. The highest BCUT2D eigenvalue weighted by Gasteiger charge is 2.10. The maximum atomic E-state index is 13.8. The third-order valence-corrected chi connectivity index (χ3v) is 3.73.